The molecule has 0 saturated heterocycles. The van der Waals surface area contributed by atoms with E-state index in [0.717, 1.165) is 17.8 Å². The number of carbonyl (C=O) groups excluding carboxylic acids is 1. The van der Waals surface area contributed by atoms with Crippen molar-refractivity contribution in [3.8, 4) is 5.75 Å². The lowest BCUT2D eigenvalue weighted by Gasteiger charge is -2.13. The molecule has 1 aromatic heterocycles. The van der Waals surface area contributed by atoms with Gasteiger partial charge in [0.1, 0.15) is 15.1 Å². The smallest absolute Gasteiger partial charge is 0.264 e. The molecule has 0 unspecified atom stereocenters. The van der Waals surface area contributed by atoms with Crippen molar-refractivity contribution in [2.24, 2.45) is 0 Å². The van der Waals surface area contributed by atoms with Gasteiger partial charge in [0.25, 0.3) is 5.91 Å². The third kappa shape index (κ3) is 4.86. The largest absolute Gasteiger partial charge is 0.481 e. The minimum atomic E-state index is -0.452. The first kappa shape index (κ1) is 21.8. The minimum absolute atomic E-state index is 0.00270. The number of anilines is 1. The third-order valence-electron chi connectivity index (χ3n) is 3.54. The summed E-state index contributed by atoms with van der Waals surface area (Å²) in [5.41, 5.74) is 0. The Labute approximate surface area is 179 Å². The Kier molecular flexibility index (Phi) is 8.07. The van der Waals surface area contributed by atoms with Crippen LogP contribution in [-0.4, -0.2) is 22.7 Å². The number of hydrogen-bond donors (Lipinski definition) is 1. The monoisotopic (exact) mass is 475 g/mol. The molecule has 1 heterocycles. The summed E-state index contributed by atoms with van der Waals surface area (Å²) in [5.74, 6) is -0.144. The van der Waals surface area contributed by atoms with E-state index in [1.165, 1.54) is 11.3 Å². The fraction of sp³-hybridized carbons (Fsp3) is 0.400. The normalized spacial score (nSPS) is 11.1. The molecular weight excluding hydrogens is 464 g/mol. The Bertz CT molecular complexity index is 782. The van der Waals surface area contributed by atoms with Crippen molar-refractivity contribution in [1.82, 2.24) is 10.2 Å². The molecule has 1 aromatic carbocycles. The first-order chi connectivity index (χ1) is 12.3. The van der Waals surface area contributed by atoms with Gasteiger partial charge >= 0.3 is 0 Å². The van der Waals surface area contributed by atoms with Gasteiger partial charge in [-0.2, -0.15) is 0 Å². The maximum atomic E-state index is 12.1. The molecule has 0 aliphatic rings. The number of hydrogen-bond acceptors (Lipinski definition) is 5. The Morgan fingerprint density at radius 3 is 2.08 bits per heavy atom. The van der Waals surface area contributed by atoms with E-state index < -0.39 is 5.91 Å². The first-order valence-electron chi connectivity index (χ1n) is 7.57. The molecule has 0 fully saturated rings. The lowest BCUT2D eigenvalue weighted by atomic mass is 10.1. The van der Waals surface area contributed by atoms with Crippen molar-refractivity contribution in [2.45, 2.75) is 32.6 Å². The molecule has 142 valence electrons. The van der Waals surface area contributed by atoms with Crippen LogP contribution in [0.5, 0.6) is 5.75 Å². The Morgan fingerprint density at radius 1 is 1.00 bits per heavy atom. The highest BCUT2D eigenvalue weighted by Gasteiger charge is 2.21. The van der Waals surface area contributed by atoms with Gasteiger partial charge in [-0.05, 0) is 12.8 Å². The fourth-order valence-corrected chi connectivity index (χ4v) is 4.35. The SMILES string of the molecule is CCC(CC)c1nnc(NC(=O)COc2c(Cl)c(Cl)c(Cl)c(Cl)c2Cl)s1. The third-order valence-corrected chi connectivity index (χ3v) is 6.78. The number of nitrogens with zero attached hydrogens (tertiary/aromatic N) is 2. The van der Waals surface area contributed by atoms with E-state index in [4.69, 9.17) is 62.7 Å². The van der Waals surface area contributed by atoms with Crippen LogP contribution in [0.4, 0.5) is 5.13 Å². The summed E-state index contributed by atoms with van der Waals surface area (Å²) >= 11 is 31.3. The van der Waals surface area contributed by atoms with Gasteiger partial charge in [0.2, 0.25) is 5.13 Å². The summed E-state index contributed by atoms with van der Waals surface area (Å²) in [6.07, 6.45) is 1.91. The van der Waals surface area contributed by atoms with Crippen LogP contribution in [0.2, 0.25) is 25.1 Å². The zero-order chi connectivity index (χ0) is 19.4. The summed E-state index contributed by atoms with van der Waals surface area (Å²) in [6.45, 7) is 3.79. The van der Waals surface area contributed by atoms with E-state index in [-0.39, 0.29) is 37.5 Å². The summed E-state index contributed by atoms with van der Waals surface area (Å²) in [7, 11) is 0. The predicted molar refractivity (Wildman–Crippen MR) is 109 cm³/mol. The second kappa shape index (κ2) is 9.62. The molecule has 11 heteroatoms. The molecule has 0 spiro atoms. The van der Waals surface area contributed by atoms with Crippen LogP contribution in [0.3, 0.4) is 0 Å². The highest BCUT2D eigenvalue weighted by Crippen LogP contribution is 2.48. The molecule has 1 amide bonds. The molecule has 0 saturated carbocycles. The number of halogens is 5. The van der Waals surface area contributed by atoms with Gasteiger partial charge in [-0.25, -0.2) is 0 Å². The lowest BCUT2D eigenvalue weighted by Crippen LogP contribution is -2.20. The Hall–Kier alpha value is -0.500. The van der Waals surface area contributed by atoms with E-state index >= 15 is 0 Å². The van der Waals surface area contributed by atoms with Crippen molar-refractivity contribution in [1.29, 1.82) is 0 Å². The Morgan fingerprint density at radius 2 is 1.54 bits per heavy atom. The summed E-state index contributed by atoms with van der Waals surface area (Å²) < 4.78 is 5.37. The molecule has 1 N–H and O–H groups in total. The molecule has 0 radical (unpaired) electrons. The average molecular weight is 478 g/mol. The molecule has 0 bridgehead atoms. The quantitative estimate of drug-likeness (QED) is 0.355. The van der Waals surface area contributed by atoms with Crippen LogP contribution in [0.25, 0.3) is 0 Å². The number of carbonyl (C=O) groups is 1. The first-order valence-corrected chi connectivity index (χ1v) is 10.3. The second-order valence-corrected chi connectivity index (χ2v) is 8.09. The van der Waals surface area contributed by atoms with E-state index in [1.54, 1.807) is 0 Å². The molecular formula is C15H14Cl5N3O2S. The van der Waals surface area contributed by atoms with Gasteiger partial charge in [0.05, 0.1) is 15.1 Å². The highest BCUT2D eigenvalue weighted by molar-refractivity contribution is 7.15. The molecule has 0 aliphatic carbocycles. The van der Waals surface area contributed by atoms with Crippen molar-refractivity contribution < 1.29 is 9.53 Å². The van der Waals surface area contributed by atoms with Gasteiger partial charge in [-0.3, -0.25) is 10.1 Å². The number of benzene rings is 1. The fourth-order valence-electron chi connectivity index (χ4n) is 2.09. The van der Waals surface area contributed by atoms with Crippen LogP contribution in [0, 0.1) is 0 Å². The van der Waals surface area contributed by atoms with E-state index in [0.29, 0.717) is 11.0 Å². The van der Waals surface area contributed by atoms with Gasteiger partial charge < -0.3 is 4.74 Å². The summed E-state index contributed by atoms with van der Waals surface area (Å²) in [4.78, 5) is 12.1. The zero-order valence-electron chi connectivity index (χ0n) is 13.7. The standard InChI is InChI=1S/C15H14Cl5N3O2S/c1-3-6(4-2)14-22-23-15(26-14)21-7(24)5-25-13-11(19)9(17)8(16)10(18)12(13)20/h6H,3-5H2,1-2H3,(H,21,23,24). The second-order valence-electron chi connectivity index (χ2n) is 5.19. The van der Waals surface area contributed by atoms with Gasteiger partial charge in [0.15, 0.2) is 12.4 Å². The van der Waals surface area contributed by atoms with E-state index in [1.807, 2.05) is 0 Å². The lowest BCUT2D eigenvalue weighted by molar-refractivity contribution is -0.118. The van der Waals surface area contributed by atoms with Crippen molar-refractivity contribution in [3.05, 3.63) is 30.1 Å². The van der Waals surface area contributed by atoms with Gasteiger partial charge in [-0.1, -0.05) is 83.2 Å². The number of ether oxygens (including phenoxy) is 1. The average Bonchev–Trinajstić information content (AvgIpc) is 3.07. The highest BCUT2D eigenvalue weighted by atomic mass is 35.5. The van der Waals surface area contributed by atoms with Crippen LogP contribution >= 0.6 is 69.3 Å². The van der Waals surface area contributed by atoms with Crippen molar-refractivity contribution in [2.75, 3.05) is 11.9 Å². The van der Waals surface area contributed by atoms with Crippen LogP contribution < -0.4 is 10.1 Å². The molecule has 0 aliphatic heterocycles. The number of amides is 1. The number of nitrogens with one attached hydrogen (secondary N) is 1. The van der Waals surface area contributed by atoms with Crippen LogP contribution in [-0.2, 0) is 4.79 Å². The molecule has 2 rings (SSSR count). The minimum Gasteiger partial charge on any atom is -0.481 e. The van der Waals surface area contributed by atoms with Gasteiger partial charge in [-0.15, -0.1) is 10.2 Å². The Balaban J connectivity index is 2.04. The summed E-state index contributed by atoms with van der Waals surface area (Å²) in [6, 6.07) is 0. The molecule has 2 aromatic rings. The van der Waals surface area contributed by atoms with Crippen LogP contribution in [0.15, 0.2) is 0 Å². The number of rotatable bonds is 7. The molecule has 26 heavy (non-hydrogen) atoms. The zero-order valence-corrected chi connectivity index (χ0v) is 18.3. The predicted octanol–water partition coefficient (Wildman–Crippen LogP) is 6.73. The molecule has 0 atom stereocenters. The van der Waals surface area contributed by atoms with Gasteiger partial charge in [0, 0.05) is 5.92 Å². The molecule has 5 nitrogen and oxygen atoms in total. The van der Waals surface area contributed by atoms with Crippen LogP contribution in [0.1, 0.15) is 37.6 Å². The van der Waals surface area contributed by atoms with Crippen molar-refractivity contribution in [3.63, 3.8) is 0 Å². The van der Waals surface area contributed by atoms with E-state index in [2.05, 4.69) is 29.4 Å². The van der Waals surface area contributed by atoms with Crippen molar-refractivity contribution >= 4 is 80.4 Å². The summed E-state index contributed by atoms with van der Waals surface area (Å²) in [5, 5.41) is 11.9. The topological polar surface area (TPSA) is 64.1 Å². The number of aromatic nitrogens is 2. The van der Waals surface area contributed by atoms with E-state index in [9.17, 15) is 4.79 Å². The maximum absolute atomic E-state index is 12.1. The maximum Gasteiger partial charge on any atom is 0.264 e.